The highest BCUT2D eigenvalue weighted by Crippen LogP contribution is 2.30. The van der Waals surface area contributed by atoms with Crippen LogP contribution in [0.5, 0.6) is 0 Å². The van der Waals surface area contributed by atoms with Crippen molar-refractivity contribution in [3.05, 3.63) is 12.2 Å². The Kier molecular flexibility index (Phi) is 2.28. The molecule has 1 aliphatic rings. The molecule has 0 aliphatic carbocycles. The molecule has 0 aromatic carbocycles. The summed E-state index contributed by atoms with van der Waals surface area (Å²) < 4.78 is 7.18. The van der Waals surface area contributed by atoms with Crippen molar-refractivity contribution in [2.75, 3.05) is 6.61 Å². The van der Waals surface area contributed by atoms with Gasteiger partial charge in [0.15, 0.2) is 5.82 Å². The van der Waals surface area contributed by atoms with Gasteiger partial charge in [-0.3, -0.25) is 0 Å². The molecule has 78 valence electrons. The molecule has 1 aromatic heterocycles. The molecule has 0 bridgehead atoms. The Bertz CT molecular complexity index is 316. The highest BCUT2D eigenvalue weighted by molar-refractivity contribution is 5.03. The molecule has 5 nitrogen and oxygen atoms in total. The van der Waals surface area contributed by atoms with Crippen molar-refractivity contribution in [3.8, 4) is 0 Å². The second-order valence-electron chi connectivity index (χ2n) is 3.96. The molecule has 2 heterocycles. The van der Waals surface area contributed by atoms with Gasteiger partial charge in [-0.25, -0.2) is 0 Å². The first kappa shape index (κ1) is 9.61. The quantitative estimate of drug-likeness (QED) is 0.698. The molecule has 0 radical (unpaired) electrons. The lowest BCUT2D eigenvalue weighted by Gasteiger charge is -2.33. The van der Waals surface area contributed by atoms with Gasteiger partial charge in [-0.1, -0.05) is 0 Å². The maximum Gasteiger partial charge on any atom is 0.167 e. The zero-order valence-corrected chi connectivity index (χ0v) is 8.47. The van der Waals surface area contributed by atoms with Gasteiger partial charge in [-0.2, -0.15) is 0 Å². The Morgan fingerprint density at radius 3 is 3.00 bits per heavy atom. The monoisotopic (exact) mass is 197 g/mol. The molecular formula is C9H15N3O2. The summed E-state index contributed by atoms with van der Waals surface area (Å²) in [7, 11) is 1.82. The molecule has 0 spiro atoms. The molecule has 2 atom stereocenters. The van der Waals surface area contributed by atoms with E-state index in [1.165, 1.54) is 0 Å². The fraction of sp³-hybridized carbons (Fsp3) is 0.778. The van der Waals surface area contributed by atoms with Gasteiger partial charge >= 0.3 is 0 Å². The number of aryl methyl sites for hydroxylation is 1. The van der Waals surface area contributed by atoms with E-state index in [0.717, 1.165) is 6.42 Å². The van der Waals surface area contributed by atoms with Crippen molar-refractivity contribution >= 4 is 0 Å². The summed E-state index contributed by atoms with van der Waals surface area (Å²) in [6.45, 7) is 2.32. The first-order chi connectivity index (χ1) is 6.62. The number of nitrogens with zero attached hydrogens (tertiary/aromatic N) is 3. The van der Waals surface area contributed by atoms with Crippen LogP contribution in [-0.4, -0.2) is 32.6 Å². The fourth-order valence-electron chi connectivity index (χ4n) is 1.76. The smallest absolute Gasteiger partial charge is 0.167 e. The maximum absolute atomic E-state index is 10.3. The molecule has 1 N–H and O–H groups in total. The lowest BCUT2D eigenvalue weighted by atomic mass is 9.93. The minimum absolute atomic E-state index is 0.225. The van der Waals surface area contributed by atoms with Crippen LogP contribution in [0.25, 0.3) is 0 Å². The molecule has 2 unspecified atom stereocenters. The van der Waals surface area contributed by atoms with Crippen molar-refractivity contribution in [1.29, 1.82) is 0 Å². The number of aliphatic hydroxyl groups is 1. The van der Waals surface area contributed by atoms with Crippen LogP contribution in [0.4, 0.5) is 0 Å². The van der Waals surface area contributed by atoms with E-state index in [4.69, 9.17) is 4.74 Å². The molecule has 0 saturated carbocycles. The summed E-state index contributed by atoms with van der Waals surface area (Å²) in [6, 6.07) is 0. The van der Waals surface area contributed by atoms with E-state index in [1.807, 2.05) is 14.0 Å². The van der Waals surface area contributed by atoms with Gasteiger partial charge in [0.25, 0.3) is 0 Å². The van der Waals surface area contributed by atoms with Crippen molar-refractivity contribution < 1.29 is 9.84 Å². The highest BCUT2D eigenvalue weighted by Gasteiger charge is 2.38. The minimum Gasteiger partial charge on any atom is -0.379 e. The Hall–Kier alpha value is -0.940. The van der Waals surface area contributed by atoms with Gasteiger partial charge in [0.1, 0.15) is 11.9 Å². The van der Waals surface area contributed by atoms with Crippen LogP contribution < -0.4 is 0 Å². The lowest BCUT2D eigenvalue weighted by molar-refractivity contribution is -0.124. The van der Waals surface area contributed by atoms with Gasteiger partial charge in [0, 0.05) is 7.05 Å². The molecule has 14 heavy (non-hydrogen) atoms. The summed E-state index contributed by atoms with van der Waals surface area (Å²) in [5, 5.41) is 18.0. The van der Waals surface area contributed by atoms with Gasteiger partial charge in [-0.15, -0.1) is 10.2 Å². The third-order valence-electron chi connectivity index (χ3n) is 2.70. The summed E-state index contributed by atoms with van der Waals surface area (Å²) in [5.41, 5.74) is -0.961. The van der Waals surface area contributed by atoms with Crippen LogP contribution in [0, 0.1) is 0 Å². The van der Waals surface area contributed by atoms with Crippen molar-refractivity contribution in [2.24, 2.45) is 7.05 Å². The molecule has 0 amide bonds. The van der Waals surface area contributed by atoms with Crippen LogP contribution in [0.15, 0.2) is 6.33 Å². The number of hydrogen-bond acceptors (Lipinski definition) is 4. The number of hydrogen-bond donors (Lipinski definition) is 1. The Labute approximate surface area is 82.7 Å². The zero-order chi connectivity index (χ0) is 10.2. The summed E-state index contributed by atoms with van der Waals surface area (Å²) in [4.78, 5) is 0. The molecular weight excluding hydrogens is 182 g/mol. The topological polar surface area (TPSA) is 60.2 Å². The average molecular weight is 197 g/mol. The molecule has 1 fully saturated rings. The van der Waals surface area contributed by atoms with E-state index in [0.29, 0.717) is 18.9 Å². The van der Waals surface area contributed by atoms with Crippen LogP contribution in [0.2, 0.25) is 0 Å². The fourth-order valence-corrected chi connectivity index (χ4v) is 1.76. The Balaban J connectivity index is 2.21. The normalized spacial score (nSPS) is 33.2. The van der Waals surface area contributed by atoms with Crippen molar-refractivity contribution in [3.63, 3.8) is 0 Å². The van der Waals surface area contributed by atoms with E-state index in [1.54, 1.807) is 10.9 Å². The van der Waals surface area contributed by atoms with Crippen LogP contribution in [0.1, 0.15) is 25.6 Å². The minimum atomic E-state index is -0.961. The Morgan fingerprint density at radius 1 is 1.71 bits per heavy atom. The number of rotatable bonds is 1. The second kappa shape index (κ2) is 3.33. The van der Waals surface area contributed by atoms with Crippen LogP contribution in [-0.2, 0) is 17.4 Å². The van der Waals surface area contributed by atoms with E-state index in [2.05, 4.69) is 10.2 Å². The first-order valence-electron chi connectivity index (χ1n) is 4.80. The van der Waals surface area contributed by atoms with Gasteiger partial charge in [0.2, 0.25) is 0 Å². The maximum atomic E-state index is 10.3. The standard InChI is InChI=1S/C9H15N3O2/c1-7-3-4-9(13,5-14-7)8-11-10-6-12(8)2/h6-7,13H,3-5H2,1-2H3. The van der Waals surface area contributed by atoms with Gasteiger partial charge < -0.3 is 14.4 Å². The second-order valence-corrected chi connectivity index (χ2v) is 3.96. The molecule has 1 aliphatic heterocycles. The number of aromatic nitrogens is 3. The molecule has 5 heteroatoms. The van der Waals surface area contributed by atoms with E-state index >= 15 is 0 Å². The number of ether oxygens (including phenoxy) is 1. The van der Waals surface area contributed by atoms with E-state index < -0.39 is 5.60 Å². The summed E-state index contributed by atoms with van der Waals surface area (Å²) in [5.74, 6) is 0.587. The third-order valence-corrected chi connectivity index (χ3v) is 2.70. The molecule has 1 aromatic rings. The molecule has 2 rings (SSSR count). The van der Waals surface area contributed by atoms with E-state index in [9.17, 15) is 5.11 Å². The predicted molar refractivity (Wildman–Crippen MR) is 49.5 cm³/mol. The predicted octanol–water partition coefficient (Wildman–Crippen LogP) is 0.202. The summed E-state index contributed by atoms with van der Waals surface area (Å²) >= 11 is 0. The largest absolute Gasteiger partial charge is 0.379 e. The third kappa shape index (κ3) is 1.53. The zero-order valence-electron chi connectivity index (χ0n) is 8.47. The van der Waals surface area contributed by atoms with Crippen LogP contribution in [0.3, 0.4) is 0 Å². The average Bonchev–Trinajstić information content (AvgIpc) is 2.58. The first-order valence-corrected chi connectivity index (χ1v) is 4.80. The molecule has 1 saturated heterocycles. The van der Waals surface area contributed by atoms with Crippen LogP contribution >= 0.6 is 0 Å². The van der Waals surface area contributed by atoms with Crippen molar-refractivity contribution in [1.82, 2.24) is 14.8 Å². The summed E-state index contributed by atoms with van der Waals surface area (Å²) in [6.07, 6.45) is 3.35. The lowest BCUT2D eigenvalue weighted by Crippen LogP contribution is -2.40. The van der Waals surface area contributed by atoms with Gasteiger partial charge in [-0.05, 0) is 19.8 Å². The van der Waals surface area contributed by atoms with E-state index in [-0.39, 0.29) is 6.10 Å². The highest BCUT2D eigenvalue weighted by atomic mass is 16.5. The van der Waals surface area contributed by atoms with Gasteiger partial charge in [0.05, 0.1) is 12.7 Å². The SMILES string of the molecule is CC1CCC(O)(c2nncn2C)CO1. The van der Waals surface area contributed by atoms with Crippen molar-refractivity contribution in [2.45, 2.75) is 31.5 Å². The Morgan fingerprint density at radius 2 is 2.50 bits per heavy atom.